The number of pyridine rings is 1. The molecule has 3 rings (SSSR count). The molecule has 1 fully saturated rings. The van der Waals surface area contributed by atoms with Crippen molar-refractivity contribution >= 4 is 22.5 Å². The van der Waals surface area contributed by atoms with Crippen LogP contribution in [0.4, 0.5) is 23.1 Å². The van der Waals surface area contributed by atoms with Crippen molar-refractivity contribution in [3.8, 4) is 5.88 Å². The number of urea groups is 1. The molecule has 2 aromatic rings. The lowest BCUT2D eigenvalue weighted by Crippen LogP contribution is -2.51. The highest BCUT2D eigenvalue weighted by atomic mass is 32.1. The van der Waals surface area contributed by atoms with Gasteiger partial charge in [-0.3, -0.25) is 0 Å². The number of hydrogen-bond acceptors (Lipinski definition) is 6. The first-order valence-electron chi connectivity index (χ1n) is 8.64. The molecule has 7 nitrogen and oxygen atoms in total. The summed E-state index contributed by atoms with van der Waals surface area (Å²) in [6.07, 6.45) is -3.02. The highest BCUT2D eigenvalue weighted by Crippen LogP contribution is 2.21. The van der Waals surface area contributed by atoms with Crippen molar-refractivity contribution in [3.63, 3.8) is 0 Å². The van der Waals surface area contributed by atoms with E-state index in [9.17, 15) is 18.0 Å². The molecule has 1 aliphatic heterocycles. The average Bonchev–Trinajstić information content (AvgIpc) is 3.11. The lowest BCUT2D eigenvalue weighted by atomic mass is 10.3. The Labute approximate surface area is 164 Å². The predicted octanol–water partition coefficient (Wildman–Crippen LogP) is 2.82. The standard InChI is InChI=1S/C17H20F3N5O2S/c1-12-10-28-16(23-12)25-6-4-24(5-7-25)15(26)22-9-13-2-3-14(21-8-13)27-11-17(18,19)20/h2-3,8,10H,4-7,9,11H2,1H3,(H,22,26). The minimum Gasteiger partial charge on any atom is -0.468 e. The van der Waals surface area contributed by atoms with Gasteiger partial charge >= 0.3 is 12.2 Å². The normalized spacial score (nSPS) is 14.9. The summed E-state index contributed by atoms with van der Waals surface area (Å²) in [5, 5.41) is 5.77. The molecule has 0 aliphatic carbocycles. The van der Waals surface area contributed by atoms with Crippen LogP contribution < -0.4 is 15.0 Å². The van der Waals surface area contributed by atoms with Gasteiger partial charge in [0.15, 0.2) is 11.7 Å². The molecule has 1 N–H and O–H groups in total. The minimum atomic E-state index is -4.41. The van der Waals surface area contributed by atoms with Crippen molar-refractivity contribution in [2.45, 2.75) is 19.6 Å². The molecule has 1 aliphatic rings. The fourth-order valence-electron chi connectivity index (χ4n) is 2.63. The SMILES string of the molecule is Cc1csc(N2CCN(C(=O)NCc3ccc(OCC(F)(F)F)nc3)CC2)n1. The van der Waals surface area contributed by atoms with Crippen LogP contribution >= 0.6 is 11.3 Å². The topological polar surface area (TPSA) is 70.6 Å². The molecule has 3 heterocycles. The van der Waals surface area contributed by atoms with Gasteiger partial charge in [-0.25, -0.2) is 14.8 Å². The third-order valence-electron chi connectivity index (χ3n) is 4.07. The largest absolute Gasteiger partial charge is 0.468 e. The number of aromatic nitrogens is 2. The van der Waals surface area contributed by atoms with Gasteiger partial charge < -0.3 is 19.9 Å². The molecule has 0 unspecified atom stereocenters. The zero-order chi connectivity index (χ0) is 20.1. The van der Waals surface area contributed by atoms with E-state index in [1.807, 2.05) is 12.3 Å². The Bertz CT molecular complexity index is 789. The zero-order valence-electron chi connectivity index (χ0n) is 15.2. The molecule has 1 saturated heterocycles. The molecule has 0 saturated carbocycles. The molecule has 2 amide bonds. The van der Waals surface area contributed by atoms with Gasteiger partial charge in [0, 0.05) is 50.4 Å². The molecular weight excluding hydrogens is 395 g/mol. The molecule has 0 spiro atoms. The summed E-state index contributed by atoms with van der Waals surface area (Å²) < 4.78 is 40.9. The predicted molar refractivity (Wildman–Crippen MR) is 98.7 cm³/mol. The smallest absolute Gasteiger partial charge is 0.422 e. The maximum Gasteiger partial charge on any atom is 0.422 e. The molecule has 2 aromatic heterocycles. The Kier molecular flexibility index (Phi) is 6.22. The number of hydrogen-bond donors (Lipinski definition) is 1. The highest BCUT2D eigenvalue weighted by molar-refractivity contribution is 7.13. The van der Waals surface area contributed by atoms with Gasteiger partial charge in [0.25, 0.3) is 0 Å². The molecule has 152 valence electrons. The number of rotatable bonds is 5. The van der Waals surface area contributed by atoms with Crippen molar-refractivity contribution in [1.29, 1.82) is 0 Å². The summed E-state index contributed by atoms with van der Waals surface area (Å²) in [5.74, 6) is -0.110. The summed E-state index contributed by atoms with van der Waals surface area (Å²) in [6.45, 7) is 3.41. The Morgan fingerprint density at radius 3 is 2.61 bits per heavy atom. The van der Waals surface area contributed by atoms with Crippen LogP contribution in [0.3, 0.4) is 0 Å². The monoisotopic (exact) mass is 415 g/mol. The van der Waals surface area contributed by atoms with Crippen molar-refractivity contribution in [2.24, 2.45) is 0 Å². The van der Waals surface area contributed by atoms with Crippen molar-refractivity contribution < 1.29 is 22.7 Å². The van der Waals surface area contributed by atoms with E-state index in [1.54, 1.807) is 22.3 Å². The number of halogens is 3. The lowest BCUT2D eigenvalue weighted by Gasteiger charge is -2.34. The molecule has 28 heavy (non-hydrogen) atoms. The van der Waals surface area contributed by atoms with Gasteiger partial charge in [0.05, 0.1) is 5.69 Å². The molecule has 0 aromatic carbocycles. The minimum absolute atomic E-state index is 0.110. The quantitative estimate of drug-likeness (QED) is 0.813. The third kappa shape index (κ3) is 5.72. The number of carbonyl (C=O) groups is 1. The van der Waals surface area contributed by atoms with Crippen LogP contribution in [-0.4, -0.2) is 59.9 Å². The second kappa shape index (κ2) is 8.63. The van der Waals surface area contributed by atoms with Crippen LogP contribution in [0.5, 0.6) is 5.88 Å². The molecule has 11 heteroatoms. The van der Waals surface area contributed by atoms with Gasteiger partial charge in [-0.1, -0.05) is 6.07 Å². The second-order valence-corrected chi connectivity index (χ2v) is 7.15. The Hall–Kier alpha value is -2.56. The van der Waals surface area contributed by atoms with E-state index in [0.717, 1.165) is 10.8 Å². The van der Waals surface area contributed by atoms with E-state index in [1.165, 1.54) is 12.3 Å². The van der Waals surface area contributed by atoms with Gasteiger partial charge in [-0.2, -0.15) is 13.2 Å². The lowest BCUT2D eigenvalue weighted by molar-refractivity contribution is -0.154. The molecule has 0 bridgehead atoms. The first-order valence-corrected chi connectivity index (χ1v) is 9.52. The maximum absolute atomic E-state index is 12.3. The number of nitrogens with one attached hydrogen (secondary N) is 1. The number of amides is 2. The second-order valence-electron chi connectivity index (χ2n) is 6.31. The Balaban J connectivity index is 1.42. The van der Waals surface area contributed by atoms with Crippen LogP contribution in [0, 0.1) is 6.92 Å². The van der Waals surface area contributed by atoms with Gasteiger partial charge in [-0.15, -0.1) is 11.3 Å². The fraction of sp³-hybridized carbons (Fsp3) is 0.471. The number of piperazine rings is 1. The first kappa shape index (κ1) is 20.2. The van der Waals surface area contributed by atoms with Crippen LogP contribution in [0.2, 0.25) is 0 Å². The first-order chi connectivity index (χ1) is 13.3. The van der Waals surface area contributed by atoms with Crippen molar-refractivity contribution in [1.82, 2.24) is 20.2 Å². The average molecular weight is 415 g/mol. The van der Waals surface area contributed by atoms with E-state index in [0.29, 0.717) is 31.7 Å². The number of thiazole rings is 1. The summed E-state index contributed by atoms with van der Waals surface area (Å²) >= 11 is 1.60. The van der Waals surface area contributed by atoms with Gasteiger partial charge in [0.2, 0.25) is 5.88 Å². The van der Waals surface area contributed by atoms with Crippen LogP contribution in [0.15, 0.2) is 23.7 Å². The van der Waals surface area contributed by atoms with Gasteiger partial charge in [0.1, 0.15) is 0 Å². The van der Waals surface area contributed by atoms with E-state index < -0.39 is 12.8 Å². The van der Waals surface area contributed by atoms with E-state index >= 15 is 0 Å². The molecule has 0 radical (unpaired) electrons. The van der Waals surface area contributed by atoms with Crippen molar-refractivity contribution in [2.75, 3.05) is 37.7 Å². The van der Waals surface area contributed by atoms with E-state index in [4.69, 9.17) is 0 Å². The van der Waals surface area contributed by atoms with Gasteiger partial charge in [-0.05, 0) is 12.5 Å². The highest BCUT2D eigenvalue weighted by Gasteiger charge is 2.28. The summed E-state index contributed by atoms with van der Waals surface area (Å²) in [6, 6.07) is 2.73. The fourth-order valence-corrected chi connectivity index (χ4v) is 3.49. The summed E-state index contributed by atoms with van der Waals surface area (Å²) in [7, 11) is 0. The maximum atomic E-state index is 12.3. The van der Waals surface area contributed by atoms with Crippen molar-refractivity contribution in [3.05, 3.63) is 35.0 Å². The summed E-state index contributed by atoms with van der Waals surface area (Å²) in [5.41, 5.74) is 1.66. The zero-order valence-corrected chi connectivity index (χ0v) is 16.0. The van der Waals surface area contributed by atoms with E-state index in [-0.39, 0.29) is 18.5 Å². The number of anilines is 1. The Morgan fingerprint density at radius 2 is 2.04 bits per heavy atom. The third-order valence-corrected chi connectivity index (χ3v) is 5.09. The van der Waals surface area contributed by atoms with Crippen LogP contribution in [0.1, 0.15) is 11.3 Å². The number of ether oxygens (including phenoxy) is 1. The molecule has 0 atom stereocenters. The number of carbonyl (C=O) groups excluding carboxylic acids is 1. The number of nitrogens with zero attached hydrogens (tertiary/aromatic N) is 4. The molecular formula is C17H20F3N5O2S. The van der Waals surface area contributed by atoms with E-state index in [2.05, 4.69) is 24.9 Å². The summed E-state index contributed by atoms with van der Waals surface area (Å²) in [4.78, 5) is 24.5. The van der Waals surface area contributed by atoms with Crippen LogP contribution in [-0.2, 0) is 6.54 Å². The number of aryl methyl sites for hydroxylation is 1. The number of alkyl halides is 3. The Morgan fingerprint density at radius 1 is 1.29 bits per heavy atom. The van der Waals surface area contributed by atoms with Crippen LogP contribution in [0.25, 0.3) is 0 Å².